The van der Waals surface area contributed by atoms with E-state index < -0.39 is 9.84 Å². The zero-order valence-electron chi connectivity index (χ0n) is 13.0. The summed E-state index contributed by atoms with van der Waals surface area (Å²) < 4.78 is 27.3. The maximum absolute atomic E-state index is 13.0. The number of fused-ring (bicyclic) bond motifs is 1. The van der Waals surface area contributed by atoms with Crippen LogP contribution in [0.25, 0.3) is 10.8 Å². The van der Waals surface area contributed by atoms with Crippen LogP contribution in [0, 0.1) is 0 Å². The number of aromatic nitrogens is 2. The topological polar surface area (TPSA) is 69.0 Å². The normalized spacial score (nSPS) is 11.8. The number of hydrogen-bond donors (Lipinski definition) is 0. The molecule has 1 aromatic heterocycles. The van der Waals surface area contributed by atoms with Crippen LogP contribution in [-0.2, 0) is 16.4 Å². The van der Waals surface area contributed by atoms with E-state index >= 15 is 0 Å². The fourth-order valence-electron chi connectivity index (χ4n) is 2.49. The van der Waals surface area contributed by atoms with Crippen molar-refractivity contribution >= 4 is 43.8 Å². The number of halogens is 2. The van der Waals surface area contributed by atoms with E-state index in [2.05, 4.69) is 5.10 Å². The summed E-state index contributed by atoms with van der Waals surface area (Å²) in [7, 11) is -3.91. The van der Waals surface area contributed by atoms with Crippen molar-refractivity contribution in [2.45, 2.75) is 22.9 Å². The summed E-state index contributed by atoms with van der Waals surface area (Å²) in [6.07, 6.45) is 0.507. The zero-order chi connectivity index (χ0) is 18.0. The van der Waals surface area contributed by atoms with E-state index in [1.54, 1.807) is 24.3 Å². The van der Waals surface area contributed by atoms with Gasteiger partial charge in [0, 0.05) is 22.8 Å². The Morgan fingerprint density at radius 3 is 2.28 bits per heavy atom. The fraction of sp³-hybridized carbons (Fsp3) is 0.176. The number of nitrogens with zero attached hydrogens (tertiary/aromatic N) is 2. The molecule has 0 bridgehead atoms. The zero-order valence-corrected chi connectivity index (χ0v) is 15.4. The van der Waals surface area contributed by atoms with Crippen LogP contribution in [0.3, 0.4) is 0 Å². The Bertz CT molecular complexity index is 1080. The van der Waals surface area contributed by atoms with Crippen molar-refractivity contribution in [1.29, 1.82) is 0 Å². The van der Waals surface area contributed by atoms with Crippen LogP contribution in [0.15, 0.2) is 63.2 Å². The first-order valence-corrected chi connectivity index (χ1v) is 9.91. The predicted molar refractivity (Wildman–Crippen MR) is 98.2 cm³/mol. The molecule has 5 nitrogen and oxygen atoms in total. The van der Waals surface area contributed by atoms with E-state index in [-0.39, 0.29) is 22.0 Å². The molecule has 0 amide bonds. The minimum atomic E-state index is -3.91. The first-order chi connectivity index (χ1) is 11.9. The highest BCUT2D eigenvalue weighted by Gasteiger charge is 2.24. The standard InChI is InChI=1S/C17H14Cl2N2O3S/c18-10-3-11-21-17(22)15-5-2-1-4-14(15)16(20-21)25(23,24)13-8-6-12(19)7-9-13/h1-2,4-9H,3,10-11H2. The molecule has 3 aromatic rings. The third-order valence-electron chi connectivity index (χ3n) is 3.72. The average molecular weight is 397 g/mol. The van der Waals surface area contributed by atoms with Crippen molar-refractivity contribution in [3.8, 4) is 0 Å². The van der Waals surface area contributed by atoms with Gasteiger partial charge in [-0.25, -0.2) is 13.1 Å². The molecular formula is C17H14Cl2N2O3S. The van der Waals surface area contributed by atoms with E-state index in [0.29, 0.717) is 28.1 Å². The van der Waals surface area contributed by atoms with Gasteiger partial charge in [0.15, 0.2) is 5.03 Å². The predicted octanol–water partition coefficient (Wildman–Crippen LogP) is 3.51. The largest absolute Gasteiger partial charge is 0.274 e. The van der Waals surface area contributed by atoms with E-state index in [9.17, 15) is 13.2 Å². The van der Waals surface area contributed by atoms with Crippen LogP contribution in [0.2, 0.25) is 5.02 Å². The maximum atomic E-state index is 13.0. The number of alkyl halides is 1. The van der Waals surface area contributed by atoms with E-state index in [4.69, 9.17) is 23.2 Å². The summed E-state index contributed by atoms with van der Waals surface area (Å²) in [5.41, 5.74) is -0.337. The van der Waals surface area contributed by atoms with Gasteiger partial charge < -0.3 is 0 Å². The minimum Gasteiger partial charge on any atom is -0.267 e. The summed E-state index contributed by atoms with van der Waals surface area (Å²) in [4.78, 5) is 12.6. The van der Waals surface area contributed by atoms with Crippen LogP contribution in [-0.4, -0.2) is 24.1 Å². The first kappa shape index (κ1) is 17.9. The van der Waals surface area contributed by atoms with Crippen molar-refractivity contribution < 1.29 is 8.42 Å². The van der Waals surface area contributed by atoms with Gasteiger partial charge in [0.1, 0.15) is 0 Å². The van der Waals surface area contributed by atoms with Gasteiger partial charge in [-0.1, -0.05) is 29.8 Å². The molecule has 1 heterocycles. The Hall–Kier alpha value is -1.89. The molecule has 0 aliphatic heterocycles. The fourth-order valence-corrected chi connectivity index (χ4v) is 4.13. The Labute approximate surface area is 154 Å². The molecule has 0 spiro atoms. The minimum absolute atomic E-state index is 0.0668. The van der Waals surface area contributed by atoms with Gasteiger partial charge in [-0.05, 0) is 36.8 Å². The second-order valence-electron chi connectivity index (χ2n) is 5.38. The van der Waals surface area contributed by atoms with Crippen molar-refractivity contribution in [2.24, 2.45) is 0 Å². The van der Waals surface area contributed by atoms with Gasteiger partial charge in [-0.15, -0.1) is 11.6 Å². The van der Waals surface area contributed by atoms with Crippen molar-refractivity contribution in [2.75, 3.05) is 5.88 Å². The van der Waals surface area contributed by atoms with Gasteiger partial charge in [0.2, 0.25) is 9.84 Å². The van der Waals surface area contributed by atoms with E-state index in [1.165, 1.54) is 24.3 Å². The third kappa shape index (κ3) is 3.42. The highest BCUT2D eigenvalue weighted by atomic mass is 35.5. The van der Waals surface area contributed by atoms with Crippen LogP contribution < -0.4 is 5.56 Å². The monoisotopic (exact) mass is 396 g/mol. The van der Waals surface area contributed by atoms with Crippen LogP contribution in [0.5, 0.6) is 0 Å². The molecule has 0 unspecified atom stereocenters. The van der Waals surface area contributed by atoms with Crippen molar-refractivity contribution in [3.63, 3.8) is 0 Å². The molecule has 130 valence electrons. The van der Waals surface area contributed by atoms with Crippen LogP contribution >= 0.6 is 23.2 Å². The van der Waals surface area contributed by atoms with Crippen LogP contribution in [0.4, 0.5) is 0 Å². The average Bonchev–Trinajstić information content (AvgIpc) is 2.61. The number of rotatable bonds is 5. The Morgan fingerprint density at radius 1 is 1.00 bits per heavy atom. The second kappa shape index (κ2) is 7.15. The smallest absolute Gasteiger partial charge is 0.267 e. The molecule has 0 fully saturated rings. The number of hydrogen-bond acceptors (Lipinski definition) is 4. The summed E-state index contributed by atoms with van der Waals surface area (Å²) in [6.45, 7) is 0.246. The lowest BCUT2D eigenvalue weighted by Gasteiger charge is -2.11. The molecule has 2 aromatic carbocycles. The Balaban J connectivity index is 2.29. The van der Waals surface area contributed by atoms with Gasteiger partial charge in [-0.3, -0.25) is 4.79 Å². The molecule has 0 atom stereocenters. The molecule has 0 N–H and O–H groups in total. The molecule has 25 heavy (non-hydrogen) atoms. The Kier molecular flexibility index (Phi) is 5.13. The number of aryl methyl sites for hydroxylation is 1. The lowest BCUT2D eigenvalue weighted by Crippen LogP contribution is -2.26. The molecule has 8 heteroatoms. The van der Waals surface area contributed by atoms with Crippen molar-refractivity contribution in [1.82, 2.24) is 9.78 Å². The highest BCUT2D eigenvalue weighted by Crippen LogP contribution is 2.25. The van der Waals surface area contributed by atoms with Gasteiger partial charge in [0.05, 0.1) is 10.3 Å². The Morgan fingerprint density at radius 2 is 1.64 bits per heavy atom. The molecule has 0 aliphatic rings. The molecule has 0 aliphatic carbocycles. The molecular weight excluding hydrogens is 383 g/mol. The lowest BCUT2D eigenvalue weighted by atomic mass is 10.2. The lowest BCUT2D eigenvalue weighted by molar-refractivity contribution is 0.541. The quantitative estimate of drug-likeness (QED) is 0.618. The number of benzene rings is 2. The van der Waals surface area contributed by atoms with Gasteiger partial charge in [0.25, 0.3) is 5.56 Å². The molecule has 0 saturated heterocycles. The highest BCUT2D eigenvalue weighted by molar-refractivity contribution is 7.91. The maximum Gasteiger partial charge on any atom is 0.274 e. The summed E-state index contributed by atoms with van der Waals surface area (Å²) >= 11 is 11.5. The van der Waals surface area contributed by atoms with Crippen molar-refractivity contribution in [3.05, 3.63) is 63.9 Å². The number of sulfone groups is 1. The van der Waals surface area contributed by atoms with E-state index in [0.717, 1.165) is 4.68 Å². The summed E-state index contributed by atoms with van der Waals surface area (Å²) in [5.74, 6) is 0.347. The first-order valence-electron chi connectivity index (χ1n) is 7.51. The van der Waals surface area contributed by atoms with Gasteiger partial charge >= 0.3 is 0 Å². The summed E-state index contributed by atoms with van der Waals surface area (Å²) in [6, 6.07) is 12.4. The van der Waals surface area contributed by atoms with E-state index in [1.807, 2.05) is 0 Å². The molecule has 3 rings (SSSR count). The summed E-state index contributed by atoms with van der Waals surface area (Å²) in [5, 5.41) is 5.02. The second-order valence-corrected chi connectivity index (χ2v) is 8.06. The molecule has 0 radical (unpaired) electrons. The SMILES string of the molecule is O=c1c2ccccc2c(S(=O)(=O)c2ccc(Cl)cc2)nn1CCCCl. The van der Waals surface area contributed by atoms with Crippen LogP contribution in [0.1, 0.15) is 6.42 Å². The van der Waals surface area contributed by atoms with Gasteiger partial charge in [-0.2, -0.15) is 5.10 Å². The molecule has 0 saturated carbocycles. The third-order valence-corrected chi connectivity index (χ3v) is 5.94.